The number of aromatic amines is 1. The van der Waals surface area contributed by atoms with E-state index in [4.69, 9.17) is 0 Å². The lowest BCUT2D eigenvalue weighted by molar-refractivity contribution is -0.132. The van der Waals surface area contributed by atoms with Gasteiger partial charge in [0.25, 0.3) is 0 Å². The number of piperidine rings is 1. The molecular weight excluding hydrogens is 312 g/mol. The van der Waals surface area contributed by atoms with Gasteiger partial charge in [-0.1, -0.05) is 18.2 Å². The molecule has 4 rings (SSSR count). The number of hydrogen-bond donors (Lipinski definition) is 1. The first-order valence-electron chi connectivity index (χ1n) is 8.90. The molecule has 5 nitrogen and oxygen atoms in total. The van der Waals surface area contributed by atoms with E-state index in [1.165, 1.54) is 10.9 Å². The number of nitrogens with zero attached hydrogens (tertiary/aromatic N) is 3. The number of rotatable bonds is 4. The van der Waals surface area contributed by atoms with Crippen LogP contribution in [0.2, 0.25) is 0 Å². The zero-order chi connectivity index (χ0) is 17.1. The summed E-state index contributed by atoms with van der Waals surface area (Å²) in [4.78, 5) is 26.5. The number of aromatic nitrogens is 3. The molecule has 3 heterocycles. The van der Waals surface area contributed by atoms with E-state index >= 15 is 0 Å². The van der Waals surface area contributed by atoms with Gasteiger partial charge in [-0.25, -0.2) is 0 Å². The van der Waals surface area contributed by atoms with Crippen LogP contribution in [0.1, 0.15) is 36.4 Å². The van der Waals surface area contributed by atoms with E-state index in [1.54, 1.807) is 12.4 Å². The minimum absolute atomic E-state index is 0.235. The summed E-state index contributed by atoms with van der Waals surface area (Å²) in [5.41, 5.74) is 3.34. The smallest absolute Gasteiger partial charge is 0.222 e. The van der Waals surface area contributed by atoms with Crippen LogP contribution in [0, 0.1) is 0 Å². The predicted molar refractivity (Wildman–Crippen MR) is 97.2 cm³/mol. The minimum atomic E-state index is 0.235. The molecule has 0 radical (unpaired) electrons. The zero-order valence-corrected chi connectivity index (χ0v) is 14.2. The summed E-state index contributed by atoms with van der Waals surface area (Å²) < 4.78 is 0. The Bertz CT molecular complexity index is 858. The zero-order valence-electron chi connectivity index (χ0n) is 14.2. The number of aryl methyl sites for hydroxylation is 1. The molecular formula is C20H22N4O. The molecule has 0 saturated carbocycles. The summed E-state index contributed by atoms with van der Waals surface area (Å²) in [7, 11) is 0. The van der Waals surface area contributed by atoms with Crippen LogP contribution in [-0.4, -0.2) is 38.8 Å². The number of benzene rings is 1. The largest absolute Gasteiger partial charge is 0.361 e. The van der Waals surface area contributed by atoms with E-state index in [-0.39, 0.29) is 5.91 Å². The van der Waals surface area contributed by atoms with E-state index in [1.807, 2.05) is 29.4 Å². The Morgan fingerprint density at radius 3 is 3.08 bits per heavy atom. The highest BCUT2D eigenvalue weighted by molar-refractivity contribution is 5.84. The van der Waals surface area contributed by atoms with Crippen molar-refractivity contribution in [3.8, 4) is 0 Å². The molecule has 0 spiro atoms. The van der Waals surface area contributed by atoms with Gasteiger partial charge < -0.3 is 9.88 Å². The third-order valence-electron chi connectivity index (χ3n) is 5.06. The number of amides is 1. The highest BCUT2D eigenvalue weighted by atomic mass is 16.2. The number of H-pyrrole nitrogens is 1. The Balaban J connectivity index is 1.39. The molecule has 5 heteroatoms. The van der Waals surface area contributed by atoms with Gasteiger partial charge in [0.15, 0.2) is 0 Å². The lowest BCUT2D eigenvalue weighted by Gasteiger charge is -2.32. The van der Waals surface area contributed by atoms with Gasteiger partial charge in [-0.3, -0.25) is 14.8 Å². The van der Waals surface area contributed by atoms with E-state index in [0.717, 1.165) is 43.6 Å². The van der Waals surface area contributed by atoms with Crippen molar-refractivity contribution in [2.24, 2.45) is 0 Å². The number of nitrogens with one attached hydrogen (secondary N) is 1. The average Bonchev–Trinajstić information content (AvgIpc) is 3.10. The van der Waals surface area contributed by atoms with Gasteiger partial charge in [0.2, 0.25) is 5.91 Å². The number of fused-ring (bicyclic) bond motifs is 1. The highest BCUT2D eigenvalue weighted by Gasteiger charge is 2.25. The number of carbonyl (C=O) groups is 1. The Hall–Kier alpha value is -2.69. The second-order valence-electron chi connectivity index (χ2n) is 6.67. The Labute approximate surface area is 147 Å². The van der Waals surface area contributed by atoms with Crippen LogP contribution < -0.4 is 0 Å². The molecule has 1 unspecified atom stereocenters. The molecule has 1 N–H and O–H groups in total. The lowest BCUT2D eigenvalue weighted by atomic mass is 9.94. The second-order valence-corrected chi connectivity index (χ2v) is 6.67. The topological polar surface area (TPSA) is 61.9 Å². The van der Waals surface area contributed by atoms with Crippen LogP contribution in [-0.2, 0) is 11.2 Å². The number of para-hydroxylation sites is 1. The summed E-state index contributed by atoms with van der Waals surface area (Å²) in [6.07, 6.45) is 10.7. The number of likely N-dealkylation sites (tertiary alicyclic amines) is 1. The summed E-state index contributed by atoms with van der Waals surface area (Å²) in [6, 6.07) is 8.24. The maximum absolute atomic E-state index is 12.7. The van der Waals surface area contributed by atoms with Crippen LogP contribution in [0.25, 0.3) is 10.9 Å². The van der Waals surface area contributed by atoms with Crippen LogP contribution >= 0.6 is 0 Å². The van der Waals surface area contributed by atoms with Gasteiger partial charge in [-0.2, -0.15) is 0 Å². The van der Waals surface area contributed by atoms with Gasteiger partial charge in [-0.05, 0) is 30.9 Å². The molecule has 128 valence electrons. The molecule has 1 aliphatic rings. The molecule has 1 aliphatic heterocycles. The Kier molecular flexibility index (Phi) is 4.46. The number of hydrogen-bond acceptors (Lipinski definition) is 3. The van der Waals surface area contributed by atoms with E-state index in [0.29, 0.717) is 12.3 Å². The Morgan fingerprint density at radius 1 is 1.28 bits per heavy atom. The summed E-state index contributed by atoms with van der Waals surface area (Å²) in [5.74, 6) is 0.540. The van der Waals surface area contributed by atoms with Crippen molar-refractivity contribution in [2.45, 2.75) is 31.6 Å². The van der Waals surface area contributed by atoms with E-state index in [2.05, 4.69) is 27.1 Å². The first-order valence-corrected chi connectivity index (χ1v) is 8.90. The molecule has 1 fully saturated rings. The first-order chi connectivity index (χ1) is 12.3. The van der Waals surface area contributed by atoms with E-state index in [9.17, 15) is 4.79 Å². The van der Waals surface area contributed by atoms with Crippen molar-refractivity contribution < 1.29 is 4.79 Å². The van der Waals surface area contributed by atoms with Crippen molar-refractivity contribution in [3.63, 3.8) is 0 Å². The third kappa shape index (κ3) is 3.40. The molecule has 25 heavy (non-hydrogen) atoms. The molecule has 1 aromatic carbocycles. The van der Waals surface area contributed by atoms with E-state index < -0.39 is 0 Å². The first kappa shape index (κ1) is 15.8. The monoisotopic (exact) mass is 334 g/mol. The fraction of sp³-hybridized carbons (Fsp3) is 0.350. The van der Waals surface area contributed by atoms with Gasteiger partial charge >= 0.3 is 0 Å². The minimum Gasteiger partial charge on any atom is -0.361 e. The van der Waals surface area contributed by atoms with Crippen molar-refractivity contribution in [2.75, 3.05) is 13.1 Å². The molecule has 1 amide bonds. The molecule has 3 aromatic rings. The van der Waals surface area contributed by atoms with Crippen molar-refractivity contribution in [3.05, 3.63) is 60.3 Å². The molecule has 1 atom stereocenters. The van der Waals surface area contributed by atoms with Crippen molar-refractivity contribution in [1.82, 2.24) is 19.9 Å². The van der Waals surface area contributed by atoms with Crippen LogP contribution in [0.15, 0.2) is 49.1 Å². The molecule has 0 aliphatic carbocycles. The number of carbonyl (C=O) groups excluding carboxylic acids is 1. The summed E-state index contributed by atoms with van der Waals surface area (Å²) >= 11 is 0. The maximum Gasteiger partial charge on any atom is 0.222 e. The SMILES string of the molecule is O=C(CCc1c[nH]c2ccccc12)N1CCCC(c2cnccn2)C1. The van der Waals surface area contributed by atoms with Crippen molar-refractivity contribution in [1.29, 1.82) is 0 Å². The molecule has 1 saturated heterocycles. The molecule has 0 bridgehead atoms. The van der Waals surface area contributed by atoms with Crippen LogP contribution in [0.5, 0.6) is 0 Å². The fourth-order valence-electron chi connectivity index (χ4n) is 3.70. The average molecular weight is 334 g/mol. The predicted octanol–water partition coefficient (Wildman–Crippen LogP) is 3.30. The van der Waals surface area contributed by atoms with Gasteiger partial charge in [0.1, 0.15) is 0 Å². The van der Waals surface area contributed by atoms with Gasteiger partial charge in [0.05, 0.1) is 5.69 Å². The standard InChI is InChI=1S/C20H22N4O/c25-20(8-7-15-12-23-18-6-2-1-5-17(15)18)24-11-3-4-16(14-24)19-13-21-9-10-22-19/h1-2,5-6,9-10,12-13,16,23H,3-4,7-8,11,14H2. The quantitative estimate of drug-likeness (QED) is 0.796. The van der Waals surface area contributed by atoms with Crippen LogP contribution in [0.3, 0.4) is 0 Å². The van der Waals surface area contributed by atoms with Crippen molar-refractivity contribution >= 4 is 16.8 Å². The van der Waals surface area contributed by atoms with Crippen LogP contribution in [0.4, 0.5) is 0 Å². The second kappa shape index (κ2) is 7.05. The highest BCUT2D eigenvalue weighted by Crippen LogP contribution is 2.26. The maximum atomic E-state index is 12.7. The summed E-state index contributed by atoms with van der Waals surface area (Å²) in [6.45, 7) is 1.61. The van der Waals surface area contributed by atoms with Gasteiger partial charge in [0, 0.05) is 61.1 Å². The lowest BCUT2D eigenvalue weighted by Crippen LogP contribution is -2.39. The Morgan fingerprint density at radius 2 is 2.20 bits per heavy atom. The summed E-state index contributed by atoms with van der Waals surface area (Å²) in [5, 5.41) is 1.21. The van der Waals surface area contributed by atoms with Gasteiger partial charge in [-0.15, -0.1) is 0 Å². The normalized spacial score (nSPS) is 17.8. The molecule has 2 aromatic heterocycles. The fourth-order valence-corrected chi connectivity index (χ4v) is 3.70. The third-order valence-corrected chi connectivity index (χ3v) is 5.06.